The molecule has 18 heavy (non-hydrogen) atoms. The summed E-state index contributed by atoms with van der Waals surface area (Å²) in [5.74, 6) is 0.348. The van der Waals surface area contributed by atoms with Crippen LogP contribution in [-0.2, 0) is 11.3 Å². The first kappa shape index (κ1) is 13.1. The summed E-state index contributed by atoms with van der Waals surface area (Å²) in [5, 5.41) is 3.45. The number of carbonyl (C=O) groups excluding carboxylic acids is 1. The summed E-state index contributed by atoms with van der Waals surface area (Å²) < 4.78 is 5.33. The Morgan fingerprint density at radius 1 is 1.28 bits per heavy atom. The highest BCUT2D eigenvalue weighted by Gasteiger charge is 2.12. The number of primary amides is 1. The van der Waals surface area contributed by atoms with E-state index in [9.17, 15) is 4.79 Å². The van der Waals surface area contributed by atoms with Gasteiger partial charge in [0.25, 0.3) is 0 Å². The Morgan fingerprint density at radius 3 is 2.56 bits per heavy atom. The van der Waals surface area contributed by atoms with Crippen LogP contribution in [0, 0.1) is 5.92 Å². The van der Waals surface area contributed by atoms with Gasteiger partial charge in [0, 0.05) is 25.3 Å². The van der Waals surface area contributed by atoms with Gasteiger partial charge in [-0.2, -0.15) is 0 Å². The standard InChI is InChI=1S/C14H20N2O2/c15-14(17)13-3-1-11(2-4-13)9-16-10-12-5-7-18-8-6-12/h1-4,12,16H,5-10H2,(H2,15,17). The number of hydrogen-bond acceptors (Lipinski definition) is 3. The lowest BCUT2D eigenvalue weighted by Crippen LogP contribution is -2.27. The minimum absolute atomic E-state index is 0.378. The Kier molecular flexibility index (Phi) is 4.73. The summed E-state index contributed by atoms with van der Waals surface area (Å²) in [6, 6.07) is 7.43. The molecule has 3 N–H and O–H groups in total. The molecule has 0 radical (unpaired) electrons. The van der Waals surface area contributed by atoms with Gasteiger partial charge in [0.1, 0.15) is 0 Å². The summed E-state index contributed by atoms with van der Waals surface area (Å²) in [6.45, 7) is 3.64. The van der Waals surface area contributed by atoms with Crippen LogP contribution in [0.5, 0.6) is 0 Å². The topological polar surface area (TPSA) is 64.4 Å². The second-order valence-corrected chi connectivity index (χ2v) is 4.75. The van der Waals surface area contributed by atoms with Crippen LogP contribution < -0.4 is 11.1 Å². The molecule has 1 aliphatic heterocycles. The Bertz CT molecular complexity index is 383. The molecule has 0 aromatic heterocycles. The molecule has 0 unspecified atom stereocenters. The lowest BCUT2D eigenvalue weighted by atomic mass is 10.0. The largest absolute Gasteiger partial charge is 0.381 e. The second kappa shape index (κ2) is 6.52. The van der Waals surface area contributed by atoms with E-state index in [1.165, 1.54) is 5.56 Å². The van der Waals surface area contributed by atoms with Crippen molar-refractivity contribution in [1.82, 2.24) is 5.32 Å². The average Bonchev–Trinajstić information content (AvgIpc) is 2.40. The zero-order chi connectivity index (χ0) is 12.8. The van der Waals surface area contributed by atoms with Crippen molar-refractivity contribution in [2.75, 3.05) is 19.8 Å². The molecule has 0 saturated carbocycles. The molecule has 0 bridgehead atoms. The van der Waals surface area contributed by atoms with Crippen molar-refractivity contribution in [3.8, 4) is 0 Å². The summed E-state index contributed by atoms with van der Waals surface area (Å²) in [6.07, 6.45) is 2.29. The Morgan fingerprint density at radius 2 is 1.94 bits per heavy atom. The zero-order valence-corrected chi connectivity index (χ0v) is 10.5. The number of ether oxygens (including phenoxy) is 1. The van der Waals surface area contributed by atoms with Gasteiger partial charge < -0.3 is 15.8 Å². The molecule has 1 amide bonds. The fourth-order valence-corrected chi connectivity index (χ4v) is 2.16. The number of carbonyl (C=O) groups is 1. The maximum atomic E-state index is 10.9. The van der Waals surface area contributed by atoms with E-state index < -0.39 is 0 Å². The summed E-state index contributed by atoms with van der Waals surface area (Å²) in [7, 11) is 0. The maximum Gasteiger partial charge on any atom is 0.248 e. The number of hydrogen-bond donors (Lipinski definition) is 2. The molecular formula is C14H20N2O2. The van der Waals surface area contributed by atoms with Crippen LogP contribution in [0.15, 0.2) is 24.3 Å². The number of rotatable bonds is 5. The molecule has 2 rings (SSSR count). The molecular weight excluding hydrogens is 228 g/mol. The van der Waals surface area contributed by atoms with E-state index in [0.29, 0.717) is 5.56 Å². The third-order valence-corrected chi connectivity index (χ3v) is 3.34. The molecule has 0 atom stereocenters. The summed E-state index contributed by atoms with van der Waals surface area (Å²) in [4.78, 5) is 10.9. The molecule has 1 saturated heterocycles. The first-order valence-electron chi connectivity index (χ1n) is 6.43. The maximum absolute atomic E-state index is 10.9. The molecule has 1 aromatic carbocycles. The van der Waals surface area contributed by atoms with Gasteiger partial charge in [0.05, 0.1) is 0 Å². The van der Waals surface area contributed by atoms with Gasteiger partial charge in [0.2, 0.25) is 5.91 Å². The van der Waals surface area contributed by atoms with Crippen LogP contribution in [0.4, 0.5) is 0 Å². The van der Waals surface area contributed by atoms with Crippen LogP contribution >= 0.6 is 0 Å². The normalized spacial score (nSPS) is 16.7. The Balaban J connectivity index is 1.74. The molecule has 4 heteroatoms. The quantitative estimate of drug-likeness (QED) is 0.825. The van der Waals surface area contributed by atoms with Gasteiger partial charge in [0.15, 0.2) is 0 Å². The van der Waals surface area contributed by atoms with Gasteiger partial charge in [-0.05, 0) is 43.0 Å². The van der Waals surface area contributed by atoms with E-state index in [0.717, 1.165) is 45.1 Å². The minimum Gasteiger partial charge on any atom is -0.381 e. The predicted molar refractivity (Wildman–Crippen MR) is 70.2 cm³/mol. The molecule has 0 aliphatic carbocycles. The van der Waals surface area contributed by atoms with Crippen molar-refractivity contribution in [2.24, 2.45) is 11.7 Å². The van der Waals surface area contributed by atoms with E-state index in [4.69, 9.17) is 10.5 Å². The fourth-order valence-electron chi connectivity index (χ4n) is 2.16. The van der Waals surface area contributed by atoms with Crippen LogP contribution in [0.3, 0.4) is 0 Å². The van der Waals surface area contributed by atoms with Crippen molar-refractivity contribution in [3.63, 3.8) is 0 Å². The van der Waals surface area contributed by atoms with Gasteiger partial charge in [-0.3, -0.25) is 4.79 Å². The van der Waals surface area contributed by atoms with Gasteiger partial charge in [-0.15, -0.1) is 0 Å². The Hall–Kier alpha value is -1.39. The summed E-state index contributed by atoms with van der Waals surface area (Å²) in [5.41, 5.74) is 6.93. The molecule has 0 spiro atoms. The lowest BCUT2D eigenvalue weighted by Gasteiger charge is -2.22. The van der Waals surface area contributed by atoms with Crippen molar-refractivity contribution < 1.29 is 9.53 Å². The Labute approximate surface area is 108 Å². The lowest BCUT2D eigenvalue weighted by molar-refractivity contribution is 0.0662. The molecule has 4 nitrogen and oxygen atoms in total. The van der Waals surface area contributed by atoms with Crippen LogP contribution in [-0.4, -0.2) is 25.7 Å². The van der Waals surface area contributed by atoms with E-state index in [2.05, 4.69) is 5.32 Å². The van der Waals surface area contributed by atoms with E-state index in [1.54, 1.807) is 12.1 Å². The van der Waals surface area contributed by atoms with Crippen LogP contribution in [0.1, 0.15) is 28.8 Å². The van der Waals surface area contributed by atoms with Crippen molar-refractivity contribution >= 4 is 5.91 Å². The van der Waals surface area contributed by atoms with E-state index >= 15 is 0 Å². The number of nitrogens with two attached hydrogens (primary N) is 1. The van der Waals surface area contributed by atoms with Crippen LogP contribution in [0.2, 0.25) is 0 Å². The molecule has 1 aliphatic rings. The smallest absolute Gasteiger partial charge is 0.248 e. The third kappa shape index (κ3) is 3.82. The predicted octanol–water partition coefficient (Wildman–Crippen LogP) is 1.30. The van der Waals surface area contributed by atoms with Gasteiger partial charge in [-0.25, -0.2) is 0 Å². The monoisotopic (exact) mass is 248 g/mol. The number of nitrogens with one attached hydrogen (secondary N) is 1. The van der Waals surface area contributed by atoms with Crippen molar-refractivity contribution in [2.45, 2.75) is 19.4 Å². The van der Waals surface area contributed by atoms with Gasteiger partial charge >= 0.3 is 0 Å². The first-order chi connectivity index (χ1) is 8.75. The zero-order valence-electron chi connectivity index (χ0n) is 10.5. The third-order valence-electron chi connectivity index (χ3n) is 3.34. The first-order valence-corrected chi connectivity index (χ1v) is 6.43. The highest BCUT2D eigenvalue weighted by molar-refractivity contribution is 5.92. The van der Waals surface area contributed by atoms with Crippen LogP contribution in [0.25, 0.3) is 0 Å². The number of amides is 1. The molecule has 1 aromatic rings. The molecule has 1 heterocycles. The molecule has 1 fully saturated rings. The SMILES string of the molecule is NC(=O)c1ccc(CNCC2CCOCC2)cc1. The molecule has 98 valence electrons. The van der Waals surface area contributed by atoms with E-state index in [1.807, 2.05) is 12.1 Å². The van der Waals surface area contributed by atoms with Crippen molar-refractivity contribution in [3.05, 3.63) is 35.4 Å². The highest BCUT2D eigenvalue weighted by atomic mass is 16.5. The fraction of sp³-hybridized carbons (Fsp3) is 0.500. The van der Waals surface area contributed by atoms with E-state index in [-0.39, 0.29) is 5.91 Å². The summed E-state index contributed by atoms with van der Waals surface area (Å²) >= 11 is 0. The average molecular weight is 248 g/mol. The highest BCUT2D eigenvalue weighted by Crippen LogP contribution is 2.13. The van der Waals surface area contributed by atoms with Gasteiger partial charge in [-0.1, -0.05) is 12.1 Å². The number of benzene rings is 1. The van der Waals surface area contributed by atoms with Crippen molar-refractivity contribution in [1.29, 1.82) is 0 Å². The second-order valence-electron chi connectivity index (χ2n) is 4.75. The minimum atomic E-state index is -0.378.